The van der Waals surface area contributed by atoms with Crippen LogP contribution >= 0.6 is 11.3 Å². The Labute approximate surface area is 117 Å². The quantitative estimate of drug-likeness (QED) is 0.897. The molecule has 0 spiro atoms. The van der Waals surface area contributed by atoms with Crippen LogP contribution < -0.4 is 10.2 Å². The summed E-state index contributed by atoms with van der Waals surface area (Å²) in [5, 5.41) is 6.83. The van der Waals surface area contributed by atoms with Gasteiger partial charge in [-0.15, -0.1) is 11.3 Å². The molecule has 0 unspecified atom stereocenters. The average Bonchev–Trinajstić information content (AvgIpc) is 2.86. The van der Waals surface area contributed by atoms with Crippen molar-refractivity contribution >= 4 is 27.2 Å². The Bertz CT molecular complexity index is 570. The number of aromatic nitrogens is 1. The number of rotatable bonds is 2. The van der Waals surface area contributed by atoms with Crippen LogP contribution in [0.3, 0.4) is 0 Å². The minimum absolute atomic E-state index is 0.770. The van der Waals surface area contributed by atoms with Crippen molar-refractivity contribution in [1.82, 2.24) is 15.2 Å². The lowest BCUT2D eigenvalue weighted by molar-refractivity contribution is 0.138. The maximum absolute atomic E-state index is 4.61. The molecule has 4 heterocycles. The van der Waals surface area contributed by atoms with Crippen molar-refractivity contribution in [3.63, 3.8) is 0 Å². The van der Waals surface area contributed by atoms with Gasteiger partial charge >= 0.3 is 0 Å². The van der Waals surface area contributed by atoms with Crippen LogP contribution in [0.25, 0.3) is 10.1 Å². The first-order valence-electron chi connectivity index (χ1n) is 6.94. The van der Waals surface area contributed by atoms with Crippen LogP contribution in [0.1, 0.15) is 0 Å². The normalized spacial score (nSPS) is 21.8. The average molecular weight is 274 g/mol. The van der Waals surface area contributed by atoms with Gasteiger partial charge in [-0.05, 0) is 17.5 Å². The first kappa shape index (κ1) is 11.6. The third kappa shape index (κ3) is 2.02. The van der Waals surface area contributed by atoms with Crippen LogP contribution in [0.4, 0.5) is 5.82 Å². The van der Waals surface area contributed by atoms with Gasteiger partial charge in [-0.25, -0.2) is 4.98 Å². The maximum atomic E-state index is 4.61. The second-order valence-electron chi connectivity index (χ2n) is 5.30. The standard InChI is InChI=1S/C14H18N4S/c1-3-16-14(12-2-8-19-13(1)12)18-6-4-17(5-7-18)11-9-15-10-11/h1-3,8,11,15H,4-7,9-10H2. The molecule has 2 saturated heterocycles. The third-order valence-electron chi connectivity index (χ3n) is 4.25. The highest BCUT2D eigenvalue weighted by Gasteiger charge is 2.28. The van der Waals surface area contributed by atoms with Crippen LogP contribution in [-0.2, 0) is 0 Å². The molecule has 2 fully saturated rings. The minimum Gasteiger partial charge on any atom is -0.354 e. The van der Waals surface area contributed by atoms with Crippen molar-refractivity contribution < 1.29 is 0 Å². The number of thiophene rings is 1. The summed E-state index contributed by atoms with van der Waals surface area (Å²) in [4.78, 5) is 9.66. The summed E-state index contributed by atoms with van der Waals surface area (Å²) >= 11 is 1.80. The summed E-state index contributed by atoms with van der Waals surface area (Å²) in [6, 6.07) is 5.08. The highest BCUT2D eigenvalue weighted by Crippen LogP contribution is 2.29. The van der Waals surface area contributed by atoms with E-state index in [1.54, 1.807) is 11.3 Å². The minimum atomic E-state index is 0.770. The Morgan fingerprint density at radius 1 is 1.16 bits per heavy atom. The van der Waals surface area contributed by atoms with E-state index in [4.69, 9.17) is 0 Å². The van der Waals surface area contributed by atoms with E-state index in [-0.39, 0.29) is 0 Å². The van der Waals surface area contributed by atoms with Gasteiger partial charge in [0.05, 0.1) is 0 Å². The molecule has 4 nitrogen and oxygen atoms in total. The lowest BCUT2D eigenvalue weighted by atomic mass is 10.1. The molecule has 2 aliphatic rings. The van der Waals surface area contributed by atoms with Crippen LogP contribution in [0.2, 0.25) is 0 Å². The van der Waals surface area contributed by atoms with Gasteiger partial charge in [0.2, 0.25) is 0 Å². The summed E-state index contributed by atoms with van der Waals surface area (Å²) in [5.41, 5.74) is 0. The molecule has 2 aliphatic heterocycles. The predicted octanol–water partition coefficient (Wildman–Crippen LogP) is 1.39. The number of fused-ring (bicyclic) bond motifs is 1. The van der Waals surface area contributed by atoms with E-state index in [9.17, 15) is 0 Å². The molecule has 2 aromatic heterocycles. The van der Waals surface area contributed by atoms with Crippen LogP contribution in [0.15, 0.2) is 23.7 Å². The van der Waals surface area contributed by atoms with Gasteiger partial charge < -0.3 is 10.2 Å². The van der Waals surface area contributed by atoms with Crippen molar-refractivity contribution in [3.8, 4) is 0 Å². The summed E-state index contributed by atoms with van der Waals surface area (Å²) in [5.74, 6) is 1.17. The Kier molecular flexibility index (Phi) is 2.90. The number of nitrogens with one attached hydrogen (secondary N) is 1. The van der Waals surface area contributed by atoms with Gasteiger partial charge in [-0.2, -0.15) is 0 Å². The maximum Gasteiger partial charge on any atom is 0.137 e. The lowest BCUT2D eigenvalue weighted by Crippen LogP contribution is -2.61. The summed E-state index contributed by atoms with van der Waals surface area (Å²) in [6.45, 7) is 6.84. The van der Waals surface area contributed by atoms with Gasteiger partial charge in [-0.1, -0.05) is 0 Å². The number of nitrogens with zero attached hydrogens (tertiary/aromatic N) is 3. The second kappa shape index (κ2) is 4.74. The second-order valence-corrected chi connectivity index (χ2v) is 6.25. The molecule has 1 N–H and O–H groups in total. The zero-order chi connectivity index (χ0) is 12.7. The number of hydrogen-bond acceptors (Lipinski definition) is 5. The highest BCUT2D eigenvalue weighted by atomic mass is 32.1. The molecule has 100 valence electrons. The number of piperazine rings is 1. The van der Waals surface area contributed by atoms with Crippen LogP contribution in [-0.4, -0.2) is 55.2 Å². The number of pyridine rings is 1. The Hall–Kier alpha value is -1.17. The van der Waals surface area contributed by atoms with Gasteiger partial charge in [0, 0.05) is 61.6 Å². The largest absolute Gasteiger partial charge is 0.354 e. The fourth-order valence-electron chi connectivity index (χ4n) is 2.96. The summed E-state index contributed by atoms with van der Waals surface area (Å²) in [7, 11) is 0. The fraction of sp³-hybridized carbons (Fsp3) is 0.500. The first-order valence-corrected chi connectivity index (χ1v) is 7.82. The Morgan fingerprint density at radius 2 is 2.00 bits per heavy atom. The zero-order valence-corrected chi connectivity index (χ0v) is 11.7. The Balaban J connectivity index is 1.52. The lowest BCUT2D eigenvalue weighted by Gasteiger charge is -2.43. The molecule has 4 rings (SSSR count). The monoisotopic (exact) mass is 274 g/mol. The molecule has 0 bridgehead atoms. The van der Waals surface area contributed by atoms with E-state index in [2.05, 4.69) is 37.6 Å². The molecule has 0 saturated carbocycles. The van der Waals surface area contributed by atoms with Gasteiger partial charge in [0.1, 0.15) is 5.82 Å². The number of hydrogen-bond donors (Lipinski definition) is 1. The molecule has 19 heavy (non-hydrogen) atoms. The topological polar surface area (TPSA) is 31.4 Å². The smallest absolute Gasteiger partial charge is 0.137 e. The van der Waals surface area contributed by atoms with E-state index in [1.807, 2.05) is 6.20 Å². The van der Waals surface area contributed by atoms with Crippen molar-refractivity contribution in [2.75, 3.05) is 44.2 Å². The molecular weight excluding hydrogens is 256 g/mol. The summed E-state index contributed by atoms with van der Waals surface area (Å²) < 4.78 is 1.34. The molecule has 0 aromatic carbocycles. The highest BCUT2D eigenvalue weighted by molar-refractivity contribution is 7.17. The van der Waals surface area contributed by atoms with Gasteiger partial charge in [0.25, 0.3) is 0 Å². The van der Waals surface area contributed by atoms with Crippen molar-refractivity contribution in [3.05, 3.63) is 23.7 Å². The van der Waals surface area contributed by atoms with E-state index in [1.165, 1.54) is 29.0 Å². The first-order chi connectivity index (χ1) is 9.42. The third-order valence-corrected chi connectivity index (χ3v) is 5.13. The van der Waals surface area contributed by atoms with Crippen molar-refractivity contribution in [1.29, 1.82) is 0 Å². The molecule has 0 radical (unpaired) electrons. The zero-order valence-electron chi connectivity index (χ0n) is 10.9. The van der Waals surface area contributed by atoms with Crippen molar-refractivity contribution in [2.24, 2.45) is 0 Å². The van der Waals surface area contributed by atoms with Crippen LogP contribution in [0, 0.1) is 0 Å². The molecule has 2 aromatic rings. The molecule has 5 heteroatoms. The Morgan fingerprint density at radius 3 is 2.74 bits per heavy atom. The van der Waals surface area contributed by atoms with Gasteiger partial charge in [-0.3, -0.25) is 4.90 Å². The van der Waals surface area contributed by atoms with E-state index in [0.717, 1.165) is 32.2 Å². The molecule has 0 atom stereocenters. The predicted molar refractivity (Wildman–Crippen MR) is 80.1 cm³/mol. The van der Waals surface area contributed by atoms with E-state index in [0.29, 0.717) is 0 Å². The summed E-state index contributed by atoms with van der Waals surface area (Å²) in [6.07, 6.45) is 1.94. The molecule has 0 amide bonds. The van der Waals surface area contributed by atoms with E-state index < -0.39 is 0 Å². The number of anilines is 1. The van der Waals surface area contributed by atoms with Crippen LogP contribution in [0.5, 0.6) is 0 Å². The fourth-order valence-corrected chi connectivity index (χ4v) is 3.74. The van der Waals surface area contributed by atoms with E-state index >= 15 is 0 Å². The van der Waals surface area contributed by atoms with Gasteiger partial charge in [0.15, 0.2) is 0 Å². The SMILES string of the molecule is c1cc2sccc2c(N2CCN(C3CNC3)CC2)n1. The molecule has 0 aliphatic carbocycles. The van der Waals surface area contributed by atoms with Crippen molar-refractivity contribution in [2.45, 2.75) is 6.04 Å². The molecular formula is C14H18N4S.